The first-order chi connectivity index (χ1) is 8.70. The number of benzene rings is 1. The van der Waals surface area contributed by atoms with Crippen LogP contribution in [-0.4, -0.2) is 18.2 Å². The smallest absolute Gasteiger partial charge is 0.166 e. The van der Waals surface area contributed by atoms with Gasteiger partial charge in [0, 0.05) is 24.3 Å². The molecular weight excluding hydrogens is 228 g/mol. The van der Waals surface area contributed by atoms with Gasteiger partial charge in [0.05, 0.1) is 6.61 Å². The van der Waals surface area contributed by atoms with Gasteiger partial charge in [0.15, 0.2) is 5.78 Å². The van der Waals surface area contributed by atoms with Crippen LogP contribution in [0.25, 0.3) is 0 Å². The zero-order chi connectivity index (χ0) is 13.0. The number of Topliss-reactive ketones (excluding diaryl/α,β-unsaturated/α-hetero) is 2. The Bertz CT molecular complexity index is 434. The molecule has 3 nitrogen and oxygen atoms in total. The molecule has 0 amide bonds. The number of carbonyl (C=O) groups excluding carboxylic acids is 2. The molecule has 0 aromatic heterocycles. The fourth-order valence-electron chi connectivity index (χ4n) is 2.37. The molecule has 1 aromatic rings. The second-order valence-corrected chi connectivity index (χ2v) is 4.65. The molecule has 1 atom stereocenters. The van der Waals surface area contributed by atoms with Crippen LogP contribution in [0.2, 0.25) is 0 Å². The first kappa shape index (κ1) is 12.8. The Kier molecular flexibility index (Phi) is 4.13. The second kappa shape index (κ2) is 5.80. The summed E-state index contributed by atoms with van der Waals surface area (Å²) >= 11 is 0. The van der Waals surface area contributed by atoms with Crippen molar-refractivity contribution >= 4 is 11.6 Å². The third-order valence-corrected chi connectivity index (χ3v) is 3.30. The van der Waals surface area contributed by atoms with Crippen LogP contribution in [0.1, 0.15) is 43.0 Å². The van der Waals surface area contributed by atoms with E-state index >= 15 is 0 Å². The van der Waals surface area contributed by atoms with E-state index in [1.54, 1.807) is 24.3 Å². The minimum absolute atomic E-state index is 0.0890. The molecule has 1 aromatic carbocycles. The van der Waals surface area contributed by atoms with Crippen LogP contribution < -0.4 is 4.74 Å². The van der Waals surface area contributed by atoms with Crippen molar-refractivity contribution in [2.75, 3.05) is 6.61 Å². The molecule has 2 rings (SSSR count). The summed E-state index contributed by atoms with van der Waals surface area (Å²) in [6.45, 7) is 2.54. The van der Waals surface area contributed by atoms with E-state index in [2.05, 4.69) is 0 Å². The molecule has 18 heavy (non-hydrogen) atoms. The average molecular weight is 246 g/mol. The lowest BCUT2D eigenvalue weighted by Gasteiger charge is -2.19. The second-order valence-electron chi connectivity index (χ2n) is 4.65. The van der Waals surface area contributed by atoms with Crippen LogP contribution in [-0.2, 0) is 4.79 Å². The molecule has 1 unspecified atom stereocenters. The first-order valence-electron chi connectivity index (χ1n) is 6.49. The Morgan fingerprint density at radius 3 is 2.67 bits per heavy atom. The molecule has 1 aliphatic rings. The molecular formula is C15H18O3. The molecule has 0 heterocycles. The number of carbonyl (C=O) groups is 2. The normalized spacial score (nSPS) is 19.6. The summed E-state index contributed by atoms with van der Waals surface area (Å²) in [5, 5.41) is 0. The molecule has 1 fully saturated rings. The molecule has 0 spiro atoms. The van der Waals surface area contributed by atoms with E-state index in [4.69, 9.17) is 4.74 Å². The summed E-state index contributed by atoms with van der Waals surface area (Å²) in [6.07, 6.45) is 2.71. The zero-order valence-corrected chi connectivity index (χ0v) is 10.6. The Balaban J connectivity index is 2.06. The number of ketones is 2. The van der Waals surface area contributed by atoms with Gasteiger partial charge < -0.3 is 4.74 Å². The van der Waals surface area contributed by atoms with Gasteiger partial charge >= 0.3 is 0 Å². The van der Waals surface area contributed by atoms with Crippen LogP contribution in [0, 0.1) is 5.92 Å². The molecule has 0 N–H and O–H groups in total. The van der Waals surface area contributed by atoms with Crippen molar-refractivity contribution in [1.82, 2.24) is 0 Å². The maximum Gasteiger partial charge on any atom is 0.166 e. The van der Waals surface area contributed by atoms with Crippen molar-refractivity contribution in [3.05, 3.63) is 29.8 Å². The minimum atomic E-state index is -0.121. The van der Waals surface area contributed by atoms with Crippen molar-refractivity contribution in [2.45, 2.75) is 32.6 Å². The maximum atomic E-state index is 12.2. The van der Waals surface area contributed by atoms with E-state index < -0.39 is 0 Å². The monoisotopic (exact) mass is 246 g/mol. The van der Waals surface area contributed by atoms with Crippen LogP contribution in [0.15, 0.2) is 24.3 Å². The van der Waals surface area contributed by atoms with E-state index in [0.29, 0.717) is 25.0 Å². The third-order valence-electron chi connectivity index (χ3n) is 3.30. The maximum absolute atomic E-state index is 12.2. The minimum Gasteiger partial charge on any atom is -0.494 e. The predicted octanol–water partition coefficient (Wildman–Crippen LogP) is 3.03. The van der Waals surface area contributed by atoms with Gasteiger partial charge in [-0.2, -0.15) is 0 Å². The van der Waals surface area contributed by atoms with Crippen LogP contribution in [0.5, 0.6) is 5.75 Å². The van der Waals surface area contributed by atoms with E-state index in [-0.39, 0.29) is 17.5 Å². The average Bonchev–Trinajstić information content (AvgIpc) is 2.39. The predicted molar refractivity (Wildman–Crippen MR) is 68.9 cm³/mol. The van der Waals surface area contributed by atoms with Crippen molar-refractivity contribution in [1.29, 1.82) is 0 Å². The van der Waals surface area contributed by atoms with E-state index in [0.717, 1.165) is 18.6 Å². The lowest BCUT2D eigenvalue weighted by atomic mass is 9.83. The molecule has 0 saturated heterocycles. The highest BCUT2D eigenvalue weighted by atomic mass is 16.5. The Morgan fingerprint density at radius 2 is 2.06 bits per heavy atom. The largest absolute Gasteiger partial charge is 0.494 e. The molecule has 0 bridgehead atoms. The lowest BCUT2D eigenvalue weighted by Crippen LogP contribution is -2.22. The third kappa shape index (κ3) is 2.97. The topological polar surface area (TPSA) is 43.4 Å². The lowest BCUT2D eigenvalue weighted by molar-refractivity contribution is -0.121. The zero-order valence-electron chi connectivity index (χ0n) is 10.6. The molecule has 3 heteroatoms. The highest BCUT2D eigenvalue weighted by molar-refractivity contribution is 6.00. The van der Waals surface area contributed by atoms with Gasteiger partial charge in [-0.15, -0.1) is 0 Å². The van der Waals surface area contributed by atoms with Gasteiger partial charge in [-0.3, -0.25) is 9.59 Å². The number of ether oxygens (including phenoxy) is 1. The summed E-state index contributed by atoms with van der Waals surface area (Å²) in [5.74, 6) is 0.953. The highest BCUT2D eigenvalue weighted by Gasteiger charge is 2.26. The number of rotatable bonds is 4. The number of hydrogen-bond donors (Lipinski definition) is 0. The molecule has 0 aliphatic heterocycles. The molecule has 96 valence electrons. The SMILES string of the molecule is CCOc1ccc(C(=O)C2CCCC(=O)C2)cc1. The van der Waals surface area contributed by atoms with E-state index in [1.807, 2.05) is 6.92 Å². The van der Waals surface area contributed by atoms with Crippen molar-refractivity contribution < 1.29 is 14.3 Å². The fourth-order valence-corrected chi connectivity index (χ4v) is 2.37. The Labute approximate surface area is 107 Å². The van der Waals surface area contributed by atoms with Crippen LogP contribution >= 0.6 is 0 Å². The summed E-state index contributed by atoms with van der Waals surface area (Å²) in [6, 6.07) is 7.18. The first-order valence-corrected chi connectivity index (χ1v) is 6.49. The standard InChI is InChI=1S/C15H18O3/c1-2-18-14-8-6-11(7-9-14)15(17)12-4-3-5-13(16)10-12/h6-9,12H,2-5,10H2,1H3. The fraction of sp³-hybridized carbons (Fsp3) is 0.467. The summed E-state index contributed by atoms with van der Waals surface area (Å²) in [5.41, 5.74) is 0.679. The van der Waals surface area contributed by atoms with Crippen molar-refractivity contribution in [3.8, 4) is 5.75 Å². The molecule has 1 saturated carbocycles. The quantitative estimate of drug-likeness (QED) is 0.767. The van der Waals surface area contributed by atoms with Gasteiger partial charge in [-0.05, 0) is 44.0 Å². The summed E-state index contributed by atoms with van der Waals surface area (Å²) in [4.78, 5) is 23.6. The number of hydrogen-bond acceptors (Lipinski definition) is 3. The van der Waals surface area contributed by atoms with Gasteiger partial charge in [-0.25, -0.2) is 0 Å². The van der Waals surface area contributed by atoms with Gasteiger partial charge in [0.25, 0.3) is 0 Å². The van der Waals surface area contributed by atoms with Gasteiger partial charge in [0.2, 0.25) is 0 Å². The van der Waals surface area contributed by atoms with Gasteiger partial charge in [-0.1, -0.05) is 0 Å². The van der Waals surface area contributed by atoms with E-state index in [1.165, 1.54) is 0 Å². The van der Waals surface area contributed by atoms with Crippen LogP contribution in [0.4, 0.5) is 0 Å². The van der Waals surface area contributed by atoms with E-state index in [9.17, 15) is 9.59 Å². The Hall–Kier alpha value is -1.64. The molecule has 1 aliphatic carbocycles. The van der Waals surface area contributed by atoms with Gasteiger partial charge in [0.1, 0.15) is 11.5 Å². The summed E-state index contributed by atoms with van der Waals surface area (Å²) < 4.78 is 5.34. The van der Waals surface area contributed by atoms with Crippen molar-refractivity contribution in [3.63, 3.8) is 0 Å². The Morgan fingerprint density at radius 1 is 1.33 bits per heavy atom. The summed E-state index contributed by atoms with van der Waals surface area (Å²) in [7, 11) is 0. The van der Waals surface area contributed by atoms with Crippen molar-refractivity contribution in [2.24, 2.45) is 5.92 Å². The van der Waals surface area contributed by atoms with Crippen LogP contribution in [0.3, 0.4) is 0 Å². The highest BCUT2D eigenvalue weighted by Crippen LogP contribution is 2.25. The molecule has 0 radical (unpaired) electrons.